The highest BCUT2D eigenvalue weighted by Gasteiger charge is 2.41. The third-order valence-electron chi connectivity index (χ3n) is 4.28. The fourth-order valence-electron chi connectivity index (χ4n) is 3.00. The summed E-state index contributed by atoms with van der Waals surface area (Å²) in [4.78, 5) is 16.8. The molecule has 1 atom stereocenters. The van der Waals surface area contributed by atoms with Crippen LogP contribution in [-0.2, 0) is 4.79 Å². The summed E-state index contributed by atoms with van der Waals surface area (Å²) >= 11 is 0. The Kier molecular flexibility index (Phi) is 4.25. The second kappa shape index (κ2) is 5.55. The van der Waals surface area contributed by atoms with E-state index in [0.29, 0.717) is 0 Å². The van der Waals surface area contributed by atoms with Gasteiger partial charge in [-0.05, 0) is 26.7 Å². The van der Waals surface area contributed by atoms with Gasteiger partial charge in [0.15, 0.2) is 0 Å². The lowest BCUT2D eigenvalue weighted by atomic mass is 9.99. The van der Waals surface area contributed by atoms with Crippen molar-refractivity contribution in [2.45, 2.75) is 38.3 Å². The van der Waals surface area contributed by atoms with Crippen LogP contribution in [0.15, 0.2) is 0 Å². The number of hydrogen-bond donors (Lipinski definition) is 2. The van der Waals surface area contributed by atoms with Crippen molar-refractivity contribution in [3.63, 3.8) is 0 Å². The predicted octanol–water partition coefficient (Wildman–Crippen LogP) is -0.346. The Morgan fingerprint density at radius 2 is 2.00 bits per heavy atom. The summed E-state index contributed by atoms with van der Waals surface area (Å²) in [6, 6.07) is 0.0275. The van der Waals surface area contributed by atoms with Gasteiger partial charge in [-0.3, -0.25) is 9.69 Å². The average Bonchev–Trinajstić information content (AvgIpc) is 2.87. The number of piperazine rings is 1. The molecular formula is C13H25N3O2. The van der Waals surface area contributed by atoms with Gasteiger partial charge in [0.25, 0.3) is 0 Å². The van der Waals surface area contributed by atoms with Crippen molar-refractivity contribution in [1.82, 2.24) is 15.1 Å². The maximum atomic E-state index is 12.7. The van der Waals surface area contributed by atoms with Gasteiger partial charge in [0, 0.05) is 32.7 Å². The second-order valence-corrected chi connectivity index (χ2v) is 5.77. The Bertz CT molecular complexity index is 301. The van der Waals surface area contributed by atoms with Crippen molar-refractivity contribution in [3.05, 3.63) is 0 Å². The number of likely N-dealkylation sites (tertiary alicyclic amines) is 1. The smallest absolute Gasteiger partial charge is 0.242 e. The first-order chi connectivity index (χ1) is 8.57. The van der Waals surface area contributed by atoms with Gasteiger partial charge in [-0.15, -0.1) is 0 Å². The molecule has 5 heteroatoms. The first-order valence-electron chi connectivity index (χ1n) is 6.95. The molecule has 5 nitrogen and oxygen atoms in total. The number of carbonyl (C=O) groups excluding carboxylic acids is 1. The summed E-state index contributed by atoms with van der Waals surface area (Å²) < 4.78 is 0. The fraction of sp³-hybridized carbons (Fsp3) is 0.923. The van der Waals surface area contributed by atoms with E-state index in [1.165, 1.54) is 0 Å². The molecule has 2 rings (SSSR count). The van der Waals surface area contributed by atoms with Gasteiger partial charge in [0.1, 0.15) is 0 Å². The lowest BCUT2D eigenvalue weighted by Gasteiger charge is -2.42. The van der Waals surface area contributed by atoms with Crippen molar-refractivity contribution in [2.75, 3.05) is 39.3 Å². The van der Waals surface area contributed by atoms with Gasteiger partial charge in [-0.2, -0.15) is 0 Å². The SMILES string of the molecule is CC(C)(C(=O)N1CCC[C@H]1CO)N1CCNCC1. The van der Waals surface area contributed by atoms with E-state index in [9.17, 15) is 9.90 Å². The molecule has 2 fully saturated rings. The molecule has 2 N–H and O–H groups in total. The standard InChI is InChI=1S/C13H25N3O2/c1-13(2,15-8-5-14-6-9-15)12(18)16-7-3-4-11(16)10-17/h11,14,17H,3-10H2,1-2H3/t11-/m0/s1. The molecule has 104 valence electrons. The average molecular weight is 255 g/mol. The molecule has 0 saturated carbocycles. The fourth-order valence-corrected chi connectivity index (χ4v) is 3.00. The molecule has 0 spiro atoms. The van der Waals surface area contributed by atoms with E-state index in [1.54, 1.807) is 0 Å². The molecule has 0 aliphatic carbocycles. The molecule has 0 aromatic heterocycles. The second-order valence-electron chi connectivity index (χ2n) is 5.77. The quantitative estimate of drug-likeness (QED) is 0.724. The minimum absolute atomic E-state index is 0.0275. The van der Waals surface area contributed by atoms with Crippen LogP contribution in [0.2, 0.25) is 0 Å². The van der Waals surface area contributed by atoms with E-state index >= 15 is 0 Å². The summed E-state index contributed by atoms with van der Waals surface area (Å²) in [7, 11) is 0. The van der Waals surface area contributed by atoms with Crippen LogP contribution in [-0.4, -0.2) is 71.7 Å². The van der Waals surface area contributed by atoms with Crippen molar-refractivity contribution in [2.24, 2.45) is 0 Å². The zero-order chi connectivity index (χ0) is 13.2. The van der Waals surface area contributed by atoms with Gasteiger partial charge in [-0.1, -0.05) is 0 Å². The van der Waals surface area contributed by atoms with E-state index in [-0.39, 0.29) is 18.6 Å². The number of nitrogens with zero attached hydrogens (tertiary/aromatic N) is 2. The molecule has 1 amide bonds. The maximum absolute atomic E-state index is 12.7. The molecule has 0 unspecified atom stereocenters. The number of aliphatic hydroxyl groups is 1. The molecule has 2 aliphatic rings. The van der Waals surface area contributed by atoms with Crippen LogP contribution in [0.4, 0.5) is 0 Å². The van der Waals surface area contributed by atoms with E-state index < -0.39 is 5.54 Å². The minimum Gasteiger partial charge on any atom is -0.394 e. The number of aliphatic hydroxyl groups excluding tert-OH is 1. The molecule has 0 radical (unpaired) electrons. The number of nitrogens with one attached hydrogen (secondary N) is 1. The Morgan fingerprint density at radius 3 is 2.61 bits per heavy atom. The van der Waals surface area contributed by atoms with Crippen LogP contribution >= 0.6 is 0 Å². The van der Waals surface area contributed by atoms with Crippen molar-refractivity contribution in [3.8, 4) is 0 Å². The Hall–Kier alpha value is -0.650. The van der Waals surface area contributed by atoms with Gasteiger partial charge >= 0.3 is 0 Å². The van der Waals surface area contributed by atoms with Crippen LogP contribution < -0.4 is 5.32 Å². The molecule has 0 aromatic rings. The summed E-state index contributed by atoms with van der Waals surface area (Å²) in [6.45, 7) is 8.61. The van der Waals surface area contributed by atoms with Crippen molar-refractivity contribution in [1.29, 1.82) is 0 Å². The zero-order valence-electron chi connectivity index (χ0n) is 11.5. The van der Waals surface area contributed by atoms with E-state index in [1.807, 2.05) is 18.7 Å². The molecule has 0 bridgehead atoms. The monoisotopic (exact) mass is 255 g/mol. The lowest BCUT2D eigenvalue weighted by molar-refractivity contribution is -0.144. The Balaban J connectivity index is 2.05. The highest BCUT2D eigenvalue weighted by Crippen LogP contribution is 2.24. The molecule has 0 aromatic carbocycles. The van der Waals surface area contributed by atoms with Gasteiger partial charge in [0.05, 0.1) is 18.2 Å². The Labute approximate surface area is 109 Å². The molecular weight excluding hydrogens is 230 g/mol. The first kappa shape index (κ1) is 13.8. The zero-order valence-corrected chi connectivity index (χ0v) is 11.5. The predicted molar refractivity (Wildman–Crippen MR) is 70.3 cm³/mol. The lowest BCUT2D eigenvalue weighted by Crippen LogP contribution is -2.61. The highest BCUT2D eigenvalue weighted by atomic mass is 16.3. The van der Waals surface area contributed by atoms with Crippen molar-refractivity contribution < 1.29 is 9.90 Å². The van der Waals surface area contributed by atoms with Crippen LogP contribution in [0, 0.1) is 0 Å². The summed E-state index contributed by atoms with van der Waals surface area (Å²) in [6.07, 6.45) is 1.94. The normalized spacial score (nSPS) is 26.6. The number of rotatable bonds is 3. The Morgan fingerprint density at radius 1 is 1.33 bits per heavy atom. The van der Waals surface area contributed by atoms with Crippen LogP contribution in [0.5, 0.6) is 0 Å². The first-order valence-corrected chi connectivity index (χ1v) is 6.95. The van der Waals surface area contributed by atoms with E-state index in [2.05, 4.69) is 10.2 Å². The van der Waals surface area contributed by atoms with Crippen LogP contribution in [0.1, 0.15) is 26.7 Å². The largest absolute Gasteiger partial charge is 0.394 e. The minimum atomic E-state index is -0.458. The third-order valence-corrected chi connectivity index (χ3v) is 4.28. The maximum Gasteiger partial charge on any atom is 0.242 e. The molecule has 18 heavy (non-hydrogen) atoms. The number of hydrogen-bond acceptors (Lipinski definition) is 4. The topological polar surface area (TPSA) is 55.8 Å². The van der Waals surface area contributed by atoms with E-state index in [0.717, 1.165) is 45.6 Å². The van der Waals surface area contributed by atoms with Crippen molar-refractivity contribution >= 4 is 5.91 Å². The van der Waals surface area contributed by atoms with Gasteiger partial charge in [0.2, 0.25) is 5.91 Å². The summed E-state index contributed by atoms with van der Waals surface area (Å²) in [5, 5.41) is 12.7. The van der Waals surface area contributed by atoms with Gasteiger partial charge in [-0.25, -0.2) is 0 Å². The van der Waals surface area contributed by atoms with E-state index in [4.69, 9.17) is 0 Å². The molecule has 2 aliphatic heterocycles. The number of carbonyl (C=O) groups is 1. The van der Waals surface area contributed by atoms with Crippen LogP contribution in [0.3, 0.4) is 0 Å². The molecule has 2 saturated heterocycles. The summed E-state index contributed by atoms with van der Waals surface area (Å²) in [5.41, 5.74) is -0.458. The van der Waals surface area contributed by atoms with Crippen LogP contribution in [0.25, 0.3) is 0 Å². The molecule has 2 heterocycles. The third kappa shape index (κ3) is 2.53. The summed E-state index contributed by atoms with van der Waals surface area (Å²) in [5.74, 6) is 0.168. The van der Waals surface area contributed by atoms with Gasteiger partial charge < -0.3 is 15.3 Å². The number of amides is 1. The highest BCUT2D eigenvalue weighted by molar-refractivity contribution is 5.86.